The Labute approximate surface area is 328 Å². The van der Waals surface area contributed by atoms with E-state index in [1.54, 1.807) is 55.1 Å². The van der Waals surface area contributed by atoms with E-state index in [4.69, 9.17) is 4.98 Å². The third-order valence-corrected chi connectivity index (χ3v) is 12.1. The largest absolute Gasteiger partial charge is 0.367 e. The van der Waals surface area contributed by atoms with E-state index >= 15 is 0 Å². The molecule has 1 aromatic carbocycles. The molecular formula is C40H46N12O5. The third-order valence-electron chi connectivity index (χ3n) is 12.1. The average molecular weight is 775 g/mol. The summed E-state index contributed by atoms with van der Waals surface area (Å²) in [5.41, 5.74) is 3.94. The summed E-state index contributed by atoms with van der Waals surface area (Å²) in [5.74, 6) is -0.0117. The Bertz CT molecular complexity index is 2470. The number of anilines is 3. The van der Waals surface area contributed by atoms with Crippen molar-refractivity contribution in [2.24, 2.45) is 7.05 Å². The number of hydrogen-bond acceptors (Lipinski definition) is 11. The Morgan fingerprint density at radius 1 is 0.895 bits per heavy atom. The second kappa shape index (κ2) is 14.4. The third kappa shape index (κ3) is 6.48. The number of fused-ring (bicyclic) bond motifs is 2. The first-order valence-electron chi connectivity index (χ1n) is 19.7. The van der Waals surface area contributed by atoms with E-state index in [1.165, 1.54) is 4.57 Å². The first kappa shape index (κ1) is 36.5. The van der Waals surface area contributed by atoms with E-state index in [2.05, 4.69) is 35.0 Å². The van der Waals surface area contributed by atoms with E-state index in [0.717, 1.165) is 74.1 Å². The number of nitrogens with one attached hydrogen (secondary N) is 2. The number of nitrogens with zero attached hydrogens (tertiary/aromatic N) is 10. The quantitative estimate of drug-likeness (QED) is 0.222. The van der Waals surface area contributed by atoms with Crippen molar-refractivity contribution in [1.29, 1.82) is 0 Å². The number of rotatable bonds is 8. The van der Waals surface area contributed by atoms with Crippen molar-refractivity contribution in [2.75, 3.05) is 63.6 Å². The molecule has 4 aromatic heterocycles. The molecule has 17 nitrogen and oxygen atoms in total. The highest BCUT2D eigenvalue weighted by atomic mass is 16.2. The second-order valence-electron chi connectivity index (χ2n) is 15.8. The summed E-state index contributed by atoms with van der Waals surface area (Å²) in [6.45, 7) is 4.25. The van der Waals surface area contributed by atoms with E-state index in [0.29, 0.717) is 54.1 Å². The number of piperidine rings is 1. The van der Waals surface area contributed by atoms with Gasteiger partial charge in [0.25, 0.3) is 11.8 Å². The lowest BCUT2D eigenvalue weighted by Gasteiger charge is -2.49. The lowest BCUT2D eigenvalue weighted by molar-refractivity contribution is -0.135. The zero-order valence-corrected chi connectivity index (χ0v) is 32.3. The van der Waals surface area contributed by atoms with Gasteiger partial charge in [-0.3, -0.25) is 38.5 Å². The Balaban J connectivity index is 0.817. The molecular weight excluding hydrogens is 729 g/mol. The van der Waals surface area contributed by atoms with Crippen molar-refractivity contribution in [3.8, 4) is 0 Å². The standard InChI is InChI=1S/C40H46N12O5/c1-46(2)38(56)31-19-25-21-42-39(45-35(25)51(31)26-7-4-5-8-26)43-32-13-11-24(20-41-32)37(55)49-17-15-48(16-18-49)27-22-50(23-27)28-9-6-10-29-34(28)47(3)40(57)52(29)30-12-14-33(53)44-36(30)54/h6,9-11,13,19-21,26-27,30H,4-5,7-8,12,14-18,22-23H2,1-3H3,(H,44,53,54)(H,41,42,43,45)/t30-/m0/s1. The predicted octanol–water partition coefficient (Wildman–Crippen LogP) is 2.66. The molecule has 1 saturated carbocycles. The van der Waals surface area contributed by atoms with Gasteiger partial charge in [0.1, 0.15) is 23.2 Å². The number of aryl methyl sites for hydroxylation is 1. The molecule has 3 saturated heterocycles. The minimum absolute atomic E-state index is 0.0612. The molecule has 7 heterocycles. The molecule has 2 N–H and O–H groups in total. The van der Waals surface area contributed by atoms with E-state index < -0.39 is 11.9 Å². The number of aromatic nitrogens is 6. The molecule has 4 aliphatic rings. The molecule has 5 aromatic rings. The lowest BCUT2D eigenvalue weighted by atomic mass is 10.0. The summed E-state index contributed by atoms with van der Waals surface area (Å²) >= 11 is 0. The zero-order chi connectivity index (χ0) is 39.5. The van der Waals surface area contributed by atoms with Crippen molar-refractivity contribution in [2.45, 2.75) is 56.7 Å². The van der Waals surface area contributed by atoms with Crippen molar-refractivity contribution < 1.29 is 19.2 Å². The van der Waals surface area contributed by atoms with Crippen LogP contribution in [0.2, 0.25) is 0 Å². The SMILES string of the molecule is CN(C)C(=O)c1cc2cnc(Nc3ccc(C(=O)N4CCN(C5CN(c6cccc7c6n(C)c(=O)n7[C@H]6CCC(=O)NC6=O)C5)CC4)cn3)nc2n1C1CCCC1. The van der Waals surface area contributed by atoms with Crippen LogP contribution in [0.4, 0.5) is 17.5 Å². The summed E-state index contributed by atoms with van der Waals surface area (Å²) < 4.78 is 5.19. The minimum Gasteiger partial charge on any atom is -0.367 e. The maximum Gasteiger partial charge on any atom is 0.329 e. The topological polar surface area (TPSA) is 176 Å². The van der Waals surface area contributed by atoms with Crippen LogP contribution in [-0.2, 0) is 16.6 Å². The number of imide groups is 1. The van der Waals surface area contributed by atoms with Gasteiger partial charge in [-0.2, -0.15) is 4.98 Å². The summed E-state index contributed by atoms with van der Waals surface area (Å²) in [7, 11) is 5.23. The normalized spacial score (nSPS) is 19.7. The highest BCUT2D eigenvalue weighted by Crippen LogP contribution is 2.36. The van der Waals surface area contributed by atoms with Crippen LogP contribution < -0.4 is 21.2 Å². The molecule has 0 radical (unpaired) electrons. The smallest absolute Gasteiger partial charge is 0.329 e. The molecule has 57 heavy (non-hydrogen) atoms. The number of piperazine rings is 1. The Kier molecular flexibility index (Phi) is 9.26. The van der Waals surface area contributed by atoms with Gasteiger partial charge in [-0.1, -0.05) is 18.9 Å². The maximum atomic E-state index is 13.5. The molecule has 1 atom stereocenters. The van der Waals surface area contributed by atoms with Crippen LogP contribution in [0.5, 0.6) is 0 Å². The van der Waals surface area contributed by atoms with Crippen LogP contribution in [0.1, 0.15) is 71.5 Å². The van der Waals surface area contributed by atoms with Gasteiger partial charge in [0.05, 0.1) is 22.3 Å². The van der Waals surface area contributed by atoms with Crippen LogP contribution in [0.3, 0.4) is 0 Å². The fourth-order valence-corrected chi connectivity index (χ4v) is 8.96. The Hall–Kier alpha value is -6.10. The monoisotopic (exact) mass is 774 g/mol. The summed E-state index contributed by atoms with van der Waals surface area (Å²) in [4.78, 5) is 86.4. The van der Waals surface area contributed by atoms with Crippen LogP contribution in [-0.4, -0.2) is 126 Å². The number of hydrogen-bond donors (Lipinski definition) is 2. The van der Waals surface area contributed by atoms with Gasteiger partial charge < -0.3 is 24.6 Å². The fraction of sp³-hybridized carbons (Fsp3) is 0.450. The van der Waals surface area contributed by atoms with Crippen LogP contribution in [0.25, 0.3) is 22.1 Å². The molecule has 4 fully saturated rings. The molecule has 0 unspecified atom stereocenters. The fourth-order valence-electron chi connectivity index (χ4n) is 8.96. The molecule has 1 aliphatic carbocycles. The average Bonchev–Trinajstić information content (AvgIpc) is 3.91. The molecule has 296 valence electrons. The molecule has 4 amide bonds. The van der Waals surface area contributed by atoms with Crippen molar-refractivity contribution in [1.82, 2.24) is 48.7 Å². The molecule has 3 aliphatic heterocycles. The highest BCUT2D eigenvalue weighted by molar-refractivity contribution is 6.01. The number of pyridine rings is 1. The number of imidazole rings is 1. The zero-order valence-electron chi connectivity index (χ0n) is 32.3. The van der Waals surface area contributed by atoms with Gasteiger partial charge in [-0.15, -0.1) is 0 Å². The minimum atomic E-state index is -0.727. The second-order valence-corrected chi connectivity index (χ2v) is 15.8. The number of benzene rings is 1. The number of carbonyl (C=O) groups is 4. The summed E-state index contributed by atoms with van der Waals surface area (Å²) in [6.07, 6.45) is 8.05. The van der Waals surface area contributed by atoms with Gasteiger partial charge in [0.15, 0.2) is 0 Å². The van der Waals surface area contributed by atoms with Crippen molar-refractivity contribution in [3.63, 3.8) is 0 Å². The first-order chi connectivity index (χ1) is 27.5. The van der Waals surface area contributed by atoms with Gasteiger partial charge in [-0.25, -0.2) is 14.8 Å². The number of amides is 4. The van der Waals surface area contributed by atoms with Gasteiger partial charge in [-0.05, 0) is 49.6 Å². The highest BCUT2D eigenvalue weighted by Gasteiger charge is 2.37. The van der Waals surface area contributed by atoms with Crippen molar-refractivity contribution >= 4 is 63.1 Å². The number of carbonyl (C=O) groups excluding carboxylic acids is 4. The first-order valence-corrected chi connectivity index (χ1v) is 19.7. The summed E-state index contributed by atoms with van der Waals surface area (Å²) in [5, 5.41) is 6.36. The van der Waals surface area contributed by atoms with Gasteiger partial charge >= 0.3 is 5.69 Å². The lowest BCUT2D eigenvalue weighted by Crippen LogP contribution is -2.63. The Morgan fingerprint density at radius 2 is 1.67 bits per heavy atom. The van der Waals surface area contributed by atoms with E-state index in [-0.39, 0.29) is 35.9 Å². The van der Waals surface area contributed by atoms with E-state index in [9.17, 15) is 24.0 Å². The Morgan fingerprint density at radius 3 is 2.37 bits per heavy atom. The predicted molar refractivity (Wildman–Crippen MR) is 213 cm³/mol. The van der Waals surface area contributed by atoms with Crippen LogP contribution in [0, 0.1) is 0 Å². The number of para-hydroxylation sites is 1. The van der Waals surface area contributed by atoms with Crippen LogP contribution >= 0.6 is 0 Å². The molecule has 0 spiro atoms. The van der Waals surface area contributed by atoms with Gasteiger partial charge in [0, 0.05) is 96.7 Å². The summed E-state index contributed by atoms with van der Waals surface area (Å²) in [6, 6.07) is 11.0. The molecule has 9 rings (SSSR count). The van der Waals surface area contributed by atoms with Gasteiger partial charge in [0.2, 0.25) is 17.8 Å². The van der Waals surface area contributed by atoms with Crippen molar-refractivity contribution in [3.05, 3.63) is 70.5 Å². The molecule has 0 bridgehead atoms. The molecule has 17 heteroatoms. The maximum absolute atomic E-state index is 13.5. The van der Waals surface area contributed by atoms with E-state index in [1.807, 2.05) is 29.2 Å². The van der Waals surface area contributed by atoms with Crippen LogP contribution in [0.15, 0.2) is 53.6 Å².